The summed E-state index contributed by atoms with van der Waals surface area (Å²) in [6.45, 7) is 2.89. The van der Waals surface area contributed by atoms with Gasteiger partial charge in [0.15, 0.2) is 0 Å². The number of methoxy groups -OCH3 is 2. The highest BCUT2D eigenvalue weighted by Gasteiger charge is 2.21. The molecule has 2 aromatic carbocycles. The van der Waals surface area contributed by atoms with Gasteiger partial charge in [-0.3, -0.25) is 0 Å². The van der Waals surface area contributed by atoms with Crippen molar-refractivity contribution in [2.45, 2.75) is 13.3 Å². The summed E-state index contributed by atoms with van der Waals surface area (Å²) in [5.74, 6) is 2.84. The highest BCUT2D eigenvalue weighted by Crippen LogP contribution is 2.35. The van der Waals surface area contributed by atoms with Gasteiger partial charge in [0.05, 0.1) is 19.9 Å². The fourth-order valence-corrected chi connectivity index (χ4v) is 3.34. The Bertz CT molecular complexity index is 974. The molecule has 0 saturated heterocycles. The summed E-state index contributed by atoms with van der Waals surface area (Å²) in [7, 11) is 3.26. The van der Waals surface area contributed by atoms with Gasteiger partial charge in [0.25, 0.3) is 0 Å². The van der Waals surface area contributed by atoms with E-state index in [1.165, 1.54) is 11.3 Å². The molecule has 0 unspecified atom stereocenters. The van der Waals surface area contributed by atoms with Gasteiger partial charge in [0, 0.05) is 30.1 Å². The first-order valence-corrected chi connectivity index (χ1v) is 8.88. The summed E-state index contributed by atoms with van der Waals surface area (Å²) in [6, 6.07) is 16.1. The van der Waals surface area contributed by atoms with E-state index in [4.69, 9.17) is 14.5 Å². The van der Waals surface area contributed by atoms with Gasteiger partial charge in [-0.15, -0.1) is 0 Å². The zero-order valence-electron chi connectivity index (χ0n) is 15.7. The van der Waals surface area contributed by atoms with E-state index in [2.05, 4.69) is 39.5 Å². The normalized spacial score (nSPS) is 12.6. The molecule has 138 valence electrons. The molecule has 4 rings (SSSR count). The van der Waals surface area contributed by atoms with Crippen molar-refractivity contribution in [1.82, 2.24) is 9.97 Å². The van der Waals surface area contributed by atoms with E-state index in [0.29, 0.717) is 11.7 Å². The molecule has 6 heteroatoms. The Morgan fingerprint density at radius 3 is 2.67 bits per heavy atom. The molecule has 0 spiro atoms. The predicted molar refractivity (Wildman–Crippen MR) is 107 cm³/mol. The third-order valence-electron chi connectivity index (χ3n) is 4.66. The Morgan fingerprint density at radius 1 is 1.00 bits per heavy atom. The van der Waals surface area contributed by atoms with Crippen molar-refractivity contribution in [1.29, 1.82) is 0 Å². The summed E-state index contributed by atoms with van der Waals surface area (Å²) in [5, 5.41) is 3.27. The molecule has 0 amide bonds. The second-order valence-corrected chi connectivity index (χ2v) is 6.41. The van der Waals surface area contributed by atoms with E-state index < -0.39 is 0 Å². The Morgan fingerprint density at radius 2 is 1.85 bits per heavy atom. The van der Waals surface area contributed by atoms with Crippen molar-refractivity contribution in [2.24, 2.45) is 0 Å². The molecule has 0 atom stereocenters. The number of aromatic nitrogens is 2. The van der Waals surface area contributed by atoms with Crippen LogP contribution >= 0.6 is 0 Å². The molecule has 6 nitrogen and oxygen atoms in total. The Hall–Kier alpha value is -3.28. The molecule has 3 aromatic rings. The van der Waals surface area contributed by atoms with Crippen LogP contribution < -0.4 is 19.7 Å². The predicted octanol–water partition coefficient (Wildman–Crippen LogP) is 4.24. The van der Waals surface area contributed by atoms with Crippen molar-refractivity contribution in [3.63, 3.8) is 0 Å². The van der Waals surface area contributed by atoms with E-state index in [9.17, 15) is 0 Å². The minimum absolute atomic E-state index is 0.540. The average Bonchev–Trinajstić information content (AvgIpc) is 3.12. The van der Waals surface area contributed by atoms with Crippen LogP contribution in [0.5, 0.6) is 11.5 Å². The maximum absolute atomic E-state index is 5.46. The SMILES string of the molecule is COc1ccc(Nc2nc(C)cc(N3CCc4ccccc43)n2)c(OC)c1. The molecule has 27 heavy (non-hydrogen) atoms. The van der Waals surface area contributed by atoms with Gasteiger partial charge < -0.3 is 19.7 Å². The van der Waals surface area contributed by atoms with Crippen LogP contribution in [0, 0.1) is 6.92 Å². The number of rotatable bonds is 5. The number of hydrogen-bond donors (Lipinski definition) is 1. The number of fused-ring (bicyclic) bond motifs is 1. The lowest BCUT2D eigenvalue weighted by Gasteiger charge is -2.20. The lowest BCUT2D eigenvalue weighted by atomic mass is 10.2. The van der Waals surface area contributed by atoms with Crippen LogP contribution in [0.15, 0.2) is 48.5 Å². The molecule has 0 aliphatic carbocycles. The number of aryl methyl sites for hydroxylation is 1. The van der Waals surface area contributed by atoms with E-state index >= 15 is 0 Å². The standard InChI is InChI=1S/C21H22N4O2/c1-14-12-20(25-11-10-15-6-4-5-7-18(15)25)24-21(22-14)23-17-9-8-16(26-2)13-19(17)27-3/h4-9,12-13H,10-11H2,1-3H3,(H,22,23,24). The van der Waals surface area contributed by atoms with Crippen LogP contribution in [0.2, 0.25) is 0 Å². The minimum Gasteiger partial charge on any atom is -0.497 e. The van der Waals surface area contributed by atoms with Crippen molar-refractivity contribution in [2.75, 3.05) is 31.0 Å². The Labute approximate surface area is 158 Å². The lowest BCUT2D eigenvalue weighted by molar-refractivity contribution is 0.395. The van der Waals surface area contributed by atoms with E-state index in [1.54, 1.807) is 14.2 Å². The average molecular weight is 362 g/mol. The first-order valence-electron chi connectivity index (χ1n) is 8.88. The fraction of sp³-hybridized carbons (Fsp3) is 0.238. The largest absolute Gasteiger partial charge is 0.497 e. The van der Waals surface area contributed by atoms with Gasteiger partial charge in [0.2, 0.25) is 5.95 Å². The molecule has 0 bridgehead atoms. The van der Waals surface area contributed by atoms with Crippen molar-refractivity contribution in [3.05, 3.63) is 59.8 Å². The monoisotopic (exact) mass is 362 g/mol. The first-order chi connectivity index (χ1) is 13.2. The molecule has 0 saturated carbocycles. The maximum atomic E-state index is 5.46. The van der Waals surface area contributed by atoms with E-state index in [1.807, 2.05) is 31.2 Å². The molecule has 0 fully saturated rings. The topological polar surface area (TPSA) is 59.5 Å². The summed E-state index contributed by atoms with van der Waals surface area (Å²) in [4.78, 5) is 11.5. The molecule has 1 aliphatic heterocycles. The van der Waals surface area contributed by atoms with Crippen molar-refractivity contribution >= 4 is 23.1 Å². The third-order valence-corrected chi connectivity index (χ3v) is 4.66. The number of nitrogens with zero attached hydrogens (tertiary/aromatic N) is 3. The number of ether oxygens (including phenoxy) is 2. The Balaban J connectivity index is 1.66. The number of benzene rings is 2. The molecule has 0 radical (unpaired) electrons. The van der Waals surface area contributed by atoms with Crippen LogP contribution in [-0.2, 0) is 6.42 Å². The highest BCUT2D eigenvalue weighted by molar-refractivity contribution is 5.70. The third kappa shape index (κ3) is 3.38. The number of hydrogen-bond acceptors (Lipinski definition) is 6. The second kappa shape index (κ2) is 7.15. The van der Waals surface area contributed by atoms with Gasteiger partial charge in [-0.1, -0.05) is 18.2 Å². The molecular formula is C21H22N4O2. The van der Waals surface area contributed by atoms with Crippen LogP contribution in [-0.4, -0.2) is 30.7 Å². The zero-order valence-corrected chi connectivity index (χ0v) is 15.7. The molecule has 2 heterocycles. The number of nitrogens with one attached hydrogen (secondary N) is 1. The minimum atomic E-state index is 0.540. The van der Waals surface area contributed by atoms with Crippen LogP contribution in [0.3, 0.4) is 0 Å². The molecule has 1 N–H and O–H groups in total. The van der Waals surface area contributed by atoms with Gasteiger partial charge in [-0.2, -0.15) is 4.98 Å². The maximum Gasteiger partial charge on any atom is 0.229 e. The smallest absolute Gasteiger partial charge is 0.229 e. The fourth-order valence-electron chi connectivity index (χ4n) is 3.34. The van der Waals surface area contributed by atoms with Gasteiger partial charge in [-0.05, 0) is 37.1 Å². The lowest BCUT2D eigenvalue weighted by Crippen LogP contribution is -2.16. The van der Waals surface area contributed by atoms with Crippen LogP contribution in [0.1, 0.15) is 11.3 Å². The number of para-hydroxylation sites is 1. The zero-order chi connectivity index (χ0) is 18.8. The summed E-state index contributed by atoms with van der Waals surface area (Å²) in [5.41, 5.74) is 4.25. The van der Waals surface area contributed by atoms with Crippen molar-refractivity contribution in [3.8, 4) is 11.5 Å². The summed E-state index contributed by atoms with van der Waals surface area (Å²) in [6.07, 6.45) is 1.02. The van der Waals surface area contributed by atoms with Crippen molar-refractivity contribution < 1.29 is 9.47 Å². The molecule has 1 aliphatic rings. The van der Waals surface area contributed by atoms with E-state index in [0.717, 1.165) is 35.9 Å². The molecular weight excluding hydrogens is 340 g/mol. The van der Waals surface area contributed by atoms with Gasteiger partial charge in [0.1, 0.15) is 17.3 Å². The van der Waals surface area contributed by atoms with Crippen LogP contribution in [0.25, 0.3) is 0 Å². The first kappa shape index (κ1) is 17.1. The summed E-state index contributed by atoms with van der Waals surface area (Å²) < 4.78 is 10.7. The Kier molecular flexibility index (Phi) is 4.54. The van der Waals surface area contributed by atoms with E-state index in [-0.39, 0.29) is 0 Å². The highest BCUT2D eigenvalue weighted by atomic mass is 16.5. The second-order valence-electron chi connectivity index (χ2n) is 6.41. The van der Waals surface area contributed by atoms with Crippen LogP contribution in [0.4, 0.5) is 23.1 Å². The van der Waals surface area contributed by atoms with Gasteiger partial charge >= 0.3 is 0 Å². The summed E-state index contributed by atoms with van der Waals surface area (Å²) >= 11 is 0. The number of anilines is 4. The molecule has 1 aromatic heterocycles. The van der Waals surface area contributed by atoms with Gasteiger partial charge in [-0.25, -0.2) is 4.98 Å². The quantitative estimate of drug-likeness (QED) is 0.733.